The molecule has 122 valence electrons. The Morgan fingerprint density at radius 2 is 1.57 bits per heavy atom. The minimum absolute atomic E-state index is 0.119. The highest BCUT2D eigenvalue weighted by Gasteiger charge is 2.19. The molecule has 0 heterocycles. The molecule has 0 atom stereocenters. The van der Waals surface area contributed by atoms with Gasteiger partial charge in [0, 0.05) is 32.8 Å². The molecule has 0 aliphatic rings. The fourth-order valence-corrected chi connectivity index (χ4v) is 4.04. The number of ketones is 1. The van der Waals surface area contributed by atoms with Crippen LogP contribution in [-0.4, -0.2) is 25.8 Å². The number of halogens is 1. The standard InChI is InChI=1S/C20H25FOP/c1-15(22)20-13-17(14-23(2,3)4)6-10-18(20)9-5-16-7-11-19(21)12-8-16/h6-8,10-13H,5,9,14H2,1-4H3/q+1. The second-order valence-corrected chi connectivity index (χ2v) is 12.0. The van der Waals surface area contributed by atoms with Crippen LogP contribution in [0, 0.1) is 5.82 Å². The van der Waals surface area contributed by atoms with Crippen molar-refractivity contribution in [2.75, 3.05) is 20.0 Å². The number of benzene rings is 2. The van der Waals surface area contributed by atoms with Gasteiger partial charge >= 0.3 is 0 Å². The Hall–Kier alpha value is -1.53. The largest absolute Gasteiger partial charge is 0.295 e. The van der Waals surface area contributed by atoms with Crippen LogP contribution in [0.2, 0.25) is 0 Å². The lowest BCUT2D eigenvalue weighted by molar-refractivity contribution is 0.101. The predicted molar refractivity (Wildman–Crippen MR) is 98.7 cm³/mol. The van der Waals surface area contributed by atoms with Crippen LogP contribution in [0.5, 0.6) is 0 Å². The summed E-state index contributed by atoms with van der Waals surface area (Å²) in [6, 6.07) is 12.9. The molecule has 0 aliphatic heterocycles. The molecular weight excluding hydrogens is 306 g/mol. The topological polar surface area (TPSA) is 17.1 Å². The van der Waals surface area contributed by atoms with Gasteiger partial charge in [-0.25, -0.2) is 4.39 Å². The third kappa shape index (κ3) is 5.55. The molecule has 0 N–H and O–H groups in total. The summed E-state index contributed by atoms with van der Waals surface area (Å²) in [6.07, 6.45) is 2.67. The van der Waals surface area contributed by atoms with Crippen molar-refractivity contribution in [3.63, 3.8) is 0 Å². The summed E-state index contributed by atoms with van der Waals surface area (Å²) in [4.78, 5) is 12.0. The Morgan fingerprint density at radius 3 is 2.13 bits per heavy atom. The lowest BCUT2D eigenvalue weighted by atomic mass is 9.96. The first-order valence-electron chi connectivity index (χ1n) is 7.92. The van der Waals surface area contributed by atoms with Gasteiger partial charge in [0.1, 0.15) is 5.82 Å². The summed E-state index contributed by atoms with van der Waals surface area (Å²) in [7, 11) is -0.918. The molecule has 3 heteroatoms. The van der Waals surface area contributed by atoms with Crippen molar-refractivity contribution in [2.45, 2.75) is 25.9 Å². The molecule has 2 aromatic carbocycles. The zero-order valence-corrected chi connectivity index (χ0v) is 15.3. The third-order valence-corrected chi connectivity index (χ3v) is 5.12. The molecule has 1 nitrogen and oxygen atoms in total. The number of Topliss-reactive ketones (excluding diaryl/α,β-unsaturated/α-hetero) is 1. The lowest BCUT2D eigenvalue weighted by Crippen LogP contribution is -2.04. The second-order valence-electron chi connectivity index (χ2n) is 7.12. The van der Waals surface area contributed by atoms with Gasteiger partial charge in [-0.05, 0) is 54.7 Å². The molecule has 0 unspecified atom stereocenters. The first kappa shape index (κ1) is 17.8. The first-order chi connectivity index (χ1) is 10.7. The molecule has 0 amide bonds. The minimum Gasteiger partial charge on any atom is -0.295 e. The molecule has 0 bridgehead atoms. The minimum atomic E-state index is -0.918. The first-order valence-corrected chi connectivity index (χ1v) is 11.2. The van der Waals surface area contributed by atoms with Crippen molar-refractivity contribution in [2.24, 2.45) is 0 Å². The quantitative estimate of drug-likeness (QED) is 0.524. The predicted octanol–water partition coefficient (Wildman–Crippen LogP) is 5.22. The maximum atomic E-state index is 13.0. The zero-order chi connectivity index (χ0) is 17.0. The molecule has 23 heavy (non-hydrogen) atoms. The van der Waals surface area contributed by atoms with E-state index in [1.807, 2.05) is 0 Å². The van der Waals surface area contributed by atoms with Crippen LogP contribution < -0.4 is 0 Å². The molecule has 0 saturated heterocycles. The second kappa shape index (κ2) is 7.36. The van der Waals surface area contributed by atoms with Gasteiger partial charge in [0.05, 0.1) is 6.16 Å². The average molecular weight is 331 g/mol. The van der Waals surface area contributed by atoms with E-state index in [0.717, 1.165) is 35.7 Å². The van der Waals surface area contributed by atoms with E-state index in [1.165, 1.54) is 17.7 Å². The normalized spacial score (nSPS) is 11.5. The molecule has 2 rings (SSSR count). The number of aryl methyl sites for hydroxylation is 2. The van der Waals surface area contributed by atoms with E-state index >= 15 is 0 Å². The van der Waals surface area contributed by atoms with Crippen molar-refractivity contribution in [3.05, 3.63) is 70.5 Å². The van der Waals surface area contributed by atoms with Gasteiger partial charge in [-0.1, -0.05) is 24.3 Å². The number of carbonyl (C=O) groups excluding carboxylic acids is 1. The van der Waals surface area contributed by atoms with Crippen molar-refractivity contribution < 1.29 is 9.18 Å². The summed E-state index contributed by atoms with van der Waals surface area (Å²) in [5, 5.41) is 0. The van der Waals surface area contributed by atoms with E-state index in [2.05, 4.69) is 38.2 Å². The number of hydrogen-bond acceptors (Lipinski definition) is 1. The monoisotopic (exact) mass is 331 g/mol. The Labute approximate surface area is 139 Å². The Morgan fingerprint density at radius 1 is 0.957 bits per heavy atom. The van der Waals surface area contributed by atoms with Crippen molar-refractivity contribution >= 4 is 13.0 Å². The maximum Gasteiger partial charge on any atom is 0.160 e. The van der Waals surface area contributed by atoms with E-state index in [-0.39, 0.29) is 11.6 Å². The fourth-order valence-electron chi connectivity index (χ4n) is 2.75. The summed E-state index contributed by atoms with van der Waals surface area (Å²) in [6.45, 7) is 8.56. The molecular formula is C20H25FOP+. The smallest absolute Gasteiger partial charge is 0.160 e. The van der Waals surface area contributed by atoms with Crippen molar-refractivity contribution in [1.29, 1.82) is 0 Å². The van der Waals surface area contributed by atoms with Gasteiger partial charge in [-0.15, -0.1) is 0 Å². The molecule has 0 radical (unpaired) electrons. The van der Waals surface area contributed by atoms with Gasteiger partial charge in [0.2, 0.25) is 0 Å². The third-order valence-electron chi connectivity index (χ3n) is 3.81. The molecule has 0 spiro atoms. The van der Waals surface area contributed by atoms with Crippen molar-refractivity contribution in [1.82, 2.24) is 0 Å². The fraction of sp³-hybridized carbons (Fsp3) is 0.350. The average Bonchev–Trinajstić information content (AvgIpc) is 2.45. The Bertz CT molecular complexity index is 684. The molecule has 0 fully saturated rings. The maximum absolute atomic E-state index is 13.0. The molecule has 0 aromatic heterocycles. The van der Waals surface area contributed by atoms with Crippen LogP contribution in [0.15, 0.2) is 42.5 Å². The molecule has 2 aromatic rings. The number of hydrogen-bond donors (Lipinski definition) is 0. The van der Waals surface area contributed by atoms with Gasteiger partial charge < -0.3 is 0 Å². The van der Waals surface area contributed by atoms with Crippen molar-refractivity contribution in [3.8, 4) is 0 Å². The van der Waals surface area contributed by atoms with E-state index in [9.17, 15) is 9.18 Å². The van der Waals surface area contributed by atoms with Crippen LogP contribution in [0.25, 0.3) is 0 Å². The summed E-state index contributed by atoms with van der Waals surface area (Å²) < 4.78 is 13.0. The van der Waals surface area contributed by atoms with E-state index in [4.69, 9.17) is 0 Å². The SMILES string of the molecule is CC(=O)c1cc(C[P+](C)(C)C)ccc1CCc1ccc(F)cc1. The number of carbonyl (C=O) groups is 1. The van der Waals surface area contributed by atoms with Gasteiger partial charge in [-0.3, -0.25) is 4.79 Å². The highest BCUT2D eigenvalue weighted by atomic mass is 31.2. The highest BCUT2D eigenvalue weighted by molar-refractivity contribution is 7.72. The Balaban J connectivity index is 2.17. The van der Waals surface area contributed by atoms with Gasteiger partial charge in [-0.2, -0.15) is 0 Å². The zero-order valence-electron chi connectivity index (χ0n) is 14.4. The van der Waals surface area contributed by atoms with E-state index < -0.39 is 7.26 Å². The van der Waals surface area contributed by atoms with E-state index in [1.54, 1.807) is 19.1 Å². The van der Waals surface area contributed by atoms with Gasteiger partial charge in [0.25, 0.3) is 0 Å². The lowest BCUT2D eigenvalue weighted by Gasteiger charge is -2.14. The Kier molecular flexibility index (Phi) is 5.70. The molecule has 0 saturated carbocycles. The van der Waals surface area contributed by atoms with Crippen LogP contribution in [0.1, 0.15) is 34.0 Å². The summed E-state index contributed by atoms with van der Waals surface area (Å²) in [5.41, 5.74) is 4.25. The van der Waals surface area contributed by atoms with Crippen LogP contribution in [-0.2, 0) is 19.0 Å². The number of rotatable bonds is 6. The molecule has 0 aliphatic carbocycles. The summed E-state index contributed by atoms with van der Waals surface area (Å²) in [5.74, 6) is -0.0961. The summed E-state index contributed by atoms with van der Waals surface area (Å²) >= 11 is 0. The van der Waals surface area contributed by atoms with Crippen LogP contribution in [0.4, 0.5) is 4.39 Å². The highest BCUT2D eigenvalue weighted by Crippen LogP contribution is 2.50. The van der Waals surface area contributed by atoms with Gasteiger partial charge in [0.15, 0.2) is 5.78 Å². The van der Waals surface area contributed by atoms with Crippen LogP contribution in [0.3, 0.4) is 0 Å². The van der Waals surface area contributed by atoms with E-state index in [0.29, 0.717) is 0 Å². The van der Waals surface area contributed by atoms with Crippen LogP contribution >= 0.6 is 7.26 Å².